The Kier molecular flexibility index (Phi) is 5.20. The Labute approximate surface area is 150 Å². The maximum absolute atomic E-state index is 12.3. The Morgan fingerprint density at radius 1 is 1.08 bits per heavy atom. The molecule has 0 aliphatic rings. The highest BCUT2D eigenvalue weighted by Gasteiger charge is 2.10. The van der Waals surface area contributed by atoms with Crippen LogP contribution in [0.3, 0.4) is 0 Å². The van der Waals surface area contributed by atoms with E-state index < -0.39 is 0 Å². The molecule has 1 aromatic carbocycles. The van der Waals surface area contributed by atoms with Gasteiger partial charge in [-0.05, 0) is 42.8 Å². The number of rotatable bonds is 5. The van der Waals surface area contributed by atoms with E-state index >= 15 is 0 Å². The molecule has 0 bridgehead atoms. The van der Waals surface area contributed by atoms with Gasteiger partial charge in [0.15, 0.2) is 0 Å². The number of aromatic nitrogens is 3. The van der Waals surface area contributed by atoms with E-state index in [2.05, 4.69) is 25.6 Å². The summed E-state index contributed by atoms with van der Waals surface area (Å²) in [7, 11) is 0. The maximum atomic E-state index is 12.3. The van der Waals surface area contributed by atoms with Crippen molar-refractivity contribution >= 4 is 29.1 Å². The molecule has 0 radical (unpaired) electrons. The average molecular weight is 354 g/mol. The van der Waals surface area contributed by atoms with Crippen LogP contribution >= 0.6 is 11.6 Å². The van der Waals surface area contributed by atoms with Gasteiger partial charge in [0.2, 0.25) is 5.95 Å². The highest BCUT2D eigenvalue weighted by Crippen LogP contribution is 2.24. The van der Waals surface area contributed by atoms with Crippen molar-refractivity contribution in [3.8, 4) is 0 Å². The molecular weight excluding hydrogens is 338 g/mol. The largest absolute Gasteiger partial charge is 0.345 e. The lowest BCUT2D eigenvalue weighted by atomic mass is 10.2. The van der Waals surface area contributed by atoms with Gasteiger partial charge in [0.25, 0.3) is 5.91 Å². The standard InChI is InChI=1S/C18H16ClN5O/c1-12-14(19)6-4-7-15(12)23-18-21-10-8-16(24-18)17(25)22-11-13-5-2-3-9-20-13/h2-10H,11H2,1H3,(H,22,25)(H,21,23,24). The van der Waals surface area contributed by atoms with Gasteiger partial charge in [-0.1, -0.05) is 23.7 Å². The second-order valence-electron chi connectivity index (χ2n) is 5.31. The van der Waals surface area contributed by atoms with Crippen molar-refractivity contribution in [3.05, 3.63) is 76.8 Å². The van der Waals surface area contributed by atoms with Crippen molar-refractivity contribution in [1.82, 2.24) is 20.3 Å². The molecule has 3 aromatic rings. The summed E-state index contributed by atoms with van der Waals surface area (Å²) in [5.74, 6) is 0.0368. The van der Waals surface area contributed by atoms with Crippen LogP contribution in [0.1, 0.15) is 21.7 Å². The number of nitrogens with zero attached hydrogens (tertiary/aromatic N) is 3. The molecular formula is C18H16ClN5O. The molecule has 7 heteroatoms. The second kappa shape index (κ2) is 7.72. The minimum atomic E-state index is -0.293. The Morgan fingerprint density at radius 2 is 1.96 bits per heavy atom. The zero-order valence-electron chi connectivity index (χ0n) is 13.5. The van der Waals surface area contributed by atoms with Crippen LogP contribution in [-0.4, -0.2) is 20.9 Å². The third-order valence-corrected chi connectivity index (χ3v) is 3.97. The molecule has 2 N–H and O–H groups in total. The lowest BCUT2D eigenvalue weighted by Crippen LogP contribution is -2.24. The van der Waals surface area contributed by atoms with Crippen LogP contribution in [0.15, 0.2) is 54.9 Å². The first kappa shape index (κ1) is 16.9. The molecule has 25 heavy (non-hydrogen) atoms. The topological polar surface area (TPSA) is 79.8 Å². The van der Waals surface area contributed by atoms with Crippen molar-refractivity contribution in [2.75, 3.05) is 5.32 Å². The molecule has 2 aromatic heterocycles. The van der Waals surface area contributed by atoms with E-state index in [9.17, 15) is 4.79 Å². The molecule has 0 saturated carbocycles. The number of carbonyl (C=O) groups is 1. The molecule has 0 unspecified atom stereocenters. The van der Waals surface area contributed by atoms with Gasteiger partial charge in [-0.2, -0.15) is 0 Å². The minimum Gasteiger partial charge on any atom is -0.345 e. The molecule has 1 amide bonds. The van der Waals surface area contributed by atoms with Crippen molar-refractivity contribution in [2.45, 2.75) is 13.5 Å². The predicted molar refractivity (Wildman–Crippen MR) is 96.9 cm³/mol. The van der Waals surface area contributed by atoms with Gasteiger partial charge in [0, 0.05) is 23.1 Å². The van der Waals surface area contributed by atoms with E-state index in [1.165, 1.54) is 6.20 Å². The van der Waals surface area contributed by atoms with Crippen molar-refractivity contribution in [3.63, 3.8) is 0 Å². The summed E-state index contributed by atoms with van der Waals surface area (Å²) in [5, 5.41) is 6.52. The van der Waals surface area contributed by atoms with Crippen LogP contribution < -0.4 is 10.6 Å². The van der Waals surface area contributed by atoms with Crippen LogP contribution in [0.4, 0.5) is 11.6 Å². The number of amides is 1. The SMILES string of the molecule is Cc1c(Cl)cccc1Nc1nccc(C(=O)NCc2ccccn2)n1. The Balaban J connectivity index is 1.70. The van der Waals surface area contributed by atoms with E-state index in [1.54, 1.807) is 12.3 Å². The molecule has 126 valence electrons. The molecule has 0 spiro atoms. The quantitative estimate of drug-likeness (QED) is 0.733. The normalized spacial score (nSPS) is 10.3. The molecule has 0 aliphatic heterocycles. The lowest BCUT2D eigenvalue weighted by molar-refractivity contribution is 0.0945. The van der Waals surface area contributed by atoms with Crippen molar-refractivity contribution in [2.24, 2.45) is 0 Å². The maximum Gasteiger partial charge on any atom is 0.270 e. The summed E-state index contributed by atoms with van der Waals surface area (Å²) in [6.45, 7) is 2.23. The first-order valence-electron chi connectivity index (χ1n) is 7.67. The van der Waals surface area contributed by atoms with Gasteiger partial charge in [0.1, 0.15) is 5.69 Å². The van der Waals surface area contributed by atoms with Crippen molar-refractivity contribution < 1.29 is 4.79 Å². The summed E-state index contributed by atoms with van der Waals surface area (Å²) < 4.78 is 0. The highest BCUT2D eigenvalue weighted by atomic mass is 35.5. The van der Waals surface area contributed by atoms with Crippen LogP contribution in [0.25, 0.3) is 0 Å². The molecule has 2 heterocycles. The zero-order chi connectivity index (χ0) is 17.6. The fraction of sp³-hybridized carbons (Fsp3) is 0.111. The van der Waals surface area contributed by atoms with E-state index in [-0.39, 0.29) is 11.6 Å². The molecule has 3 rings (SSSR count). The highest BCUT2D eigenvalue weighted by molar-refractivity contribution is 6.31. The van der Waals surface area contributed by atoms with Gasteiger partial charge in [-0.15, -0.1) is 0 Å². The number of anilines is 2. The molecule has 0 atom stereocenters. The number of carbonyl (C=O) groups excluding carboxylic acids is 1. The molecule has 0 fully saturated rings. The predicted octanol–water partition coefficient (Wildman–Crippen LogP) is 3.51. The smallest absolute Gasteiger partial charge is 0.270 e. The third-order valence-electron chi connectivity index (χ3n) is 3.56. The van der Waals surface area contributed by atoms with Gasteiger partial charge >= 0.3 is 0 Å². The fourth-order valence-corrected chi connectivity index (χ4v) is 2.35. The van der Waals surface area contributed by atoms with E-state index in [4.69, 9.17) is 11.6 Å². The Bertz CT molecular complexity index is 886. The van der Waals surface area contributed by atoms with Crippen LogP contribution in [0, 0.1) is 6.92 Å². The number of halogens is 1. The first-order chi connectivity index (χ1) is 12.1. The van der Waals surface area contributed by atoms with Crippen LogP contribution in [0.2, 0.25) is 5.02 Å². The van der Waals surface area contributed by atoms with Crippen molar-refractivity contribution in [1.29, 1.82) is 0 Å². The summed E-state index contributed by atoms with van der Waals surface area (Å²) in [4.78, 5) is 24.8. The summed E-state index contributed by atoms with van der Waals surface area (Å²) in [5.41, 5.74) is 2.72. The Hall–Kier alpha value is -2.99. The number of hydrogen-bond acceptors (Lipinski definition) is 5. The van der Waals surface area contributed by atoms with Gasteiger partial charge in [-0.3, -0.25) is 9.78 Å². The molecule has 6 nitrogen and oxygen atoms in total. The summed E-state index contributed by atoms with van der Waals surface area (Å²) in [6.07, 6.45) is 3.21. The number of hydrogen-bond donors (Lipinski definition) is 2. The minimum absolute atomic E-state index is 0.271. The second-order valence-corrected chi connectivity index (χ2v) is 5.71. The third kappa shape index (κ3) is 4.30. The first-order valence-corrected chi connectivity index (χ1v) is 8.04. The van der Waals surface area contributed by atoms with Gasteiger partial charge in [-0.25, -0.2) is 9.97 Å². The number of pyridine rings is 1. The average Bonchev–Trinajstić information content (AvgIpc) is 2.64. The molecule has 0 saturated heterocycles. The fourth-order valence-electron chi connectivity index (χ4n) is 2.17. The number of nitrogens with one attached hydrogen (secondary N) is 2. The number of benzene rings is 1. The van der Waals surface area contributed by atoms with Gasteiger partial charge in [0.05, 0.1) is 12.2 Å². The van der Waals surface area contributed by atoms with Crippen LogP contribution in [-0.2, 0) is 6.54 Å². The monoisotopic (exact) mass is 353 g/mol. The zero-order valence-corrected chi connectivity index (χ0v) is 14.3. The van der Waals surface area contributed by atoms with Crippen LogP contribution in [0.5, 0.6) is 0 Å². The summed E-state index contributed by atoms with van der Waals surface area (Å²) in [6, 6.07) is 12.6. The van der Waals surface area contributed by atoms with Gasteiger partial charge < -0.3 is 10.6 Å². The molecule has 0 aliphatic carbocycles. The van der Waals surface area contributed by atoms with E-state index in [0.717, 1.165) is 16.9 Å². The van der Waals surface area contributed by atoms with E-state index in [0.29, 0.717) is 17.5 Å². The lowest BCUT2D eigenvalue weighted by Gasteiger charge is -2.10. The summed E-state index contributed by atoms with van der Waals surface area (Å²) >= 11 is 6.11. The Morgan fingerprint density at radius 3 is 2.76 bits per heavy atom. The van der Waals surface area contributed by atoms with E-state index in [1.807, 2.05) is 43.3 Å².